The van der Waals surface area contributed by atoms with E-state index < -0.39 is 24.2 Å². The van der Waals surface area contributed by atoms with Crippen LogP contribution >= 0.6 is 11.8 Å². The van der Waals surface area contributed by atoms with Gasteiger partial charge in [0.2, 0.25) is 5.91 Å². The summed E-state index contributed by atoms with van der Waals surface area (Å²) in [6.45, 7) is 7.09. The van der Waals surface area contributed by atoms with Gasteiger partial charge in [0.05, 0.1) is 24.7 Å². The van der Waals surface area contributed by atoms with Gasteiger partial charge in [0.25, 0.3) is 5.91 Å². The lowest BCUT2D eigenvalue weighted by atomic mass is 10.0. The molecule has 0 radical (unpaired) electrons. The first-order chi connectivity index (χ1) is 15.8. The number of thioether (sulfide) groups is 1. The van der Waals surface area contributed by atoms with Gasteiger partial charge < -0.3 is 20.4 Å². The molecular weight excluding hydrogens is 436 g/mol. The van der Waals surface area contributed by atoms with Gasteiger partial charge in [0.15, 0.2) is 0 Å². The Morgan fingerprint density at radius 3 is 2.27 bits per heavy atom. The van der Waals surface area contributed by atoms with E-state index in [1.54, 1.807) is 25.1 Å². The van der Waals surface area contributed by atoms with E-state index in [-0.39, 0.29) is 12.3 Å². The molecule has 2 amide bonds. The Morgan fingerprint density at radius 1 is 1.00 bits per heavy atom. The molecule has 0 aliphatic carbocycles. The number of carbonyl (C=O) groups excluding carboxylic acids is 2. The summed E-state index contributed by atoms with van der Waals surface area (Å²) in [7, 11) is 0. The van der Waals surface area contributed by atoms with E-state index in [9.17, 15) is 19.8 Å². The van der Waals surface area contributed by atoms with Gasteiger partial charge in [-0.3, -0.25) is 9.59 Å². The van der Waals surface area contributed by atoms with E-state index in [1.807, 2.05) is 55.1 Å². The van der Waals surface area contributed by atoms with E-state index >= 15 is 0 Å². The van der Waals surface area contributed by atoms with E-state index in [4.69, 9.17) is 0 Å². The largest absolute Gasteiger partial charge is 0.391 e. The summed E-state index contributed by atoms with van der Waals surface area (Å²) >= 11 is 1.46. The number of aliphatic hydroxyl groups is 2. The Bertz CT molecular complexity index is 870. The number of hydrogen-bond acceptors (Lipinski definition) is 5. The van der Waals surface area contributed by atoms with Crippen LogP contribution in [0.4, 0.5) is 0 Å². The first kappa shape index (κ1) is 26.9. The lowest BCUT2D eigenvalue weighted by Gasteiger charge is -2.26. The third-order valence-corrected chi connectivity index (χ3v) is 6.39. The lowest BCUT2D eigenvalue weighted by molar-refractivity contribution is -0.130. The van der Waals surface area contributed by atoms with Crippen LogP contribution in [0.5, 0.6) is 0 Å². The number of nitrogens with zero attached hydrogens (tertiary/aromatic N) is 1. The number of benzene rings is 2. The third-order valence-electron chi connectivity index (χ3n) is 5.28. The van der Waals surface area contributed by atoms with E-state index in [1.165, 1.54) is 11.8 Å². The quantitative estimate of drug-likeness (QED) is 0.388. The fraction of sp³-hybridized carbons (Fsp3) is 0.462. The molecule has 0 aliphatic rings. The summed E-state index contributed by atoms with van der Waals surface area (Å²) in [5.74, 6) is -0.0107. The first-order valence-electron chi connectivity index (χ1n) is 11.6. The van der Waals surface area contributed by atoms with Crippen LogP contribution in [0.25, 0.3) is 0 Å². The predicted octanol–water partition coefficient (Wildman–Crippen LogP) is 3.51. The van der Waals surface area contributed by atoms with Gasteiger partial charge in [-0.2, -0.15) is 0 Å². The Hall–Kier alpha value is -2.35. The average molecular weight is 473 g/mol. The van der Waals surface area contributed by atoms with Crippen LogP contribution in [0.15, 0.2) is 59.5 Å². The van der Waals surface area contributed by atoms with E-state index in [0.717, 1.165) is 36.4 Å². The van der Waals surface area contributed by atoms with Gasteiger partial charge >= 0.3 is 0 Å². The molecule has 7 heteroatoms. The maximum absolute atomic E-state index is 12.9. The monoisotopic (exact) mass is 472 g/mol. The zero-order chi connectivity index (χ0) is 24.2. The SMILES string of the molecule is CCCN(CCC)C(=O)Cc1cccc(C(=O)NC([C@@H](C)O)[C@@H](O)CSc2ccccc2)c1. The van der Waals surface area contributed by atoms with Crippen LogP contribution < -0.4 is 5.32 Å². The van der Waals surface area contributed by atoms with Crippen molar-refractivity contribution in [2.75, 3.05) is 18.8 Å². The van der Waals surface area contributed by atoms with Gasteiger partial charge in [-0.25, -0.2) is 0 Å². The molecule has 2 aromatic rings. The minimum atomic E-state index is -0.930. The second-order valence-corrected chi connectivity index (χ2v) is 9.28. The van der Waals surface area contributed by atoms with Crippen LogP contribution in [0.3, 0.4) is 0 Å². The maximum Gasteiger partial charge on any atom is 0.251 e. The predicted molar refractivity (Wildman–Crippen MR) is 133 cm³/mol. The standard InChI is InChI=1S/C26H36N2O4S/c1-4-14-28(15-5-2)24(31)17-20-10-9-11-21(16-20)26(32)27-25(19(3)29)23(30)18-33-22-12-7-6-8-13-22/h6-13,16,19,23,25,29-30H,4-5,14-15,17-18H2,1-3H3,(H,27,32)/t19-,23+,25?/m1/s1. The van der Waals surface area contributed by atoms with Crippen LogP contribution in [0.2, 0.25) is 0 Å². The molecule has 6 nitrogen and oxygen atoms in total. The summed E-state index contributed by atoms with van der Waals surface area (Å²) in [5, 5.41) is 23.6. The molecule has 180 valence electrons. The summed E-state index contributed by atoms with van der Waals surface area (Å²) in [6, 6.07) is 15.8. The van der Waals surface area contributed by atoms with E-state index in [0.29, 0.717) is 11.3 Å². The smallest absolute Gasteiger partial charge is 0.251 e. The highest BCUT2D eigenvalue weighted by Crippen LogP contribution is 2.20. The highest BCUT2D eigenvalue weighted by molar-refractivity contribution is 7.99. The zero-order valence-electron chi connectivity index (χ0n) is 19.7. The molecule has 1 unspecified atom stereocenters. The molecule has 0 aliphatic heterocycles. The fourth-order valence-electron chi connectivity index (χ4n) is 3.58. The van der Waals surface area contributed by atoms with Gasteiger partial charge in [0, 0.05) is 29.3 Å². The molecule has 0 aromatic heterocycles. The van der Waals surface area contributed by atoms with Crippen LogP contribution in [-0.4, -0.2) is 64.0 Å². The molecule has 0 fully saturated rings. The topological polar surface area (TPSA) is 89.9 Å². The van der Waals surface area contributed by atoms with Crippen molar-refractivity contribution in [1.82, 2.24) is 10.2 Å². The van der Waals surface area contributed by atoms with Gasteiger partial charge in [0.1, 0.15) is 0 Å². The minimum Gasteiger partial charge on any atom is -0.391 e. The van der Waals surface area contributed by atoms with Crippen molar-refractivity contribution in [3.63, 3.8) is 0 Å². The summed E-state index contributed by atoms with van der Waals surface area (Å²) < 4.78 is 0. The summed E-state index contributed by atoms with van der Waals surface area (Å²) in [4.78, 5) is 28.4. The van der Waals surface area contributed by atoms with Gasteiger partial charge in [-0.1, -0.05) is 44.2 Å². The van der Waals surface area contributed by atoms with Crippen molar-refractivity contribution >= 4 is 23.6 Å². The van der Waals surface area contributed by atoms with Crippen LogP contribution in [-0.2, 0) is 11.2 Å². The number of nitrogens with one attached hydrogen (secondary N) is 1. The average Bonchev–Trinajstić information content (AvgIpc) is 2.81. The molecule has 3 atom stereocenters. The Labute approximate surface area is 201 Å². The molecular formula is C26H36N2O4S. The molecule has 2 rings (SSSR count). The fourth-order valence-corrected chi connectivity index (χ4v) is 4.51. The zero-order valence-corrected chi connectivity index (χ0v) is 20.6. The Morgan fingerprint density at radius 2 is 1.67 bits per heavy atom. The second kappa shape index (κ2) is 14.0. The molecule has 0 saturated carbocycles. The Kier molecular flexibility index (Phi) is 11.4. The normalized spacial score (nSPS) is 13.7. The highest BCUT2D eigenvalue weighted by Gasteiger charge is 2.26. The van der Waals surface area contributed by atoms with Crippen molar-refractivity contribution in [3.8, 4) is 0 Å². The number of carbonyl (C=O) groups is 2. The highest BCUT2D eigenvalue weighted by atomic mass is 32.2. The molecule has 0 spiro atoms. The lowest BCUT2D eigenvalue weighted by Crippen LogP contribution is -2.50. The van der Waals surface area contributed by atoms with Crippen LogP contribution in [0, 0.1) is 0 Å². The second-order valence-electron chi connectivity index (χ2n) is 8.19. The van der Waals surface area contributed by atoms with Gasteiger partial charge in [-0.05, 0) is 49.6 Å². The molecule has 0 bridgehead atoms. The van der Waals surface area contributed by atoms with Crippen molar-refractivity contribution in [1.29, 1.82) is 0 Å². The molecule has 0 saturated heterocycles. The minimum absolute atomic E-state index is 0.0477. The van der Waals surface area contributed by atoms with E-state index in [2.05, 4.69) is 5.32 Å². The molecule has 2 aromatic carbocycles. The van der Waals surface area contributed by atoms with Gasteiger partial charge in [-0.15, -0.1) is 11.8 Å². The van der Waals surface area contributed by atoms with Crippen molar-refractivity contribution in [3.05, 3.63) is 65.7 Å². The summed E-state index contributed by atoms with van der Waals surface area (Å²) in [5.41, 5.74) is 1.16. The number of hydrogen-bond donors (Lipinski definition) is 3. The number of aliphatic hydroxyl groups excluding tert-OH is 2. The van der Waals surface area contributed by atoms with Crippen LogP contribution in [0.1, 0.15) is 49.5 Å². The van der Waals surface area contributed by atoms with Crippen molar-refractivity contribution in [2.24, 2.45) is 0 Å². The van der Waals surface area contributed by atoms with Crippen molar-refractivity contribution in [2.45, 2.75) is 63.2 Å². The third kappa shape index (κ3) is 8.84. The molecule has 33 heavy (non-hydrogen) atoms. The maximum atomic E-state index is 12.9. The summed E-state index contributed by atoms with van der Waals surface area (Å²) in [6.07, 6.45) is 0.180. The van der Waals surface area contributed by atoms with Crippen molar-refractivity contribution < 1.29 is 19.8 Å². The first-order valence-corrected chi connectivity index (χ1v) is 12.6. The Balaban J connectivity index is 2.02. The number of rotatable bonds is 13. The number of amides is 2. The molecule has 3 N–H and O–H groups in total. The molecule has 0 heterocycles.